The van der Waals surface area contributed by atoms with Crippen LogP contribution in [-0.2, 0) is 11.3 Å². The van der Waals surface area contributed by atoms with Crippen molar-refractivity contribution >= 4 is 5.91 Å². The first-order valence-electron chi connectivity index (χ1n) is 6.31. The number of hydrogen-bond acceptors (Lipinski definition) is 4. The molecule has 0 bridgehead atoms. The van der Waals surface area contributed by atoms with Crippen molar-refractivity contribution in [3.8, 4) is 11.5 Å². The minimum atomic E-state index is -0.984. The van der Waals surface area contributed by atoms with Crippen LogP contribution in [0.15, 0.2) is 12.1 Å². The molecule has 1 N–H and O–H groups in total. The van der Waals surface area contributed by atoms with Crippen LogP contribution in [0.1, 0.15) is 18.1 Å². The summed E-state index contributed by atoms with van der Waals surface area (Å²) in [5.41, 5.74) is 2.02. The monoisotopic (exact) mass is 265 g/mol. The van der Waals surface area contributed by atoms with Crippen LogP contribution in [0.25, 0.3) is 0 Å². The summed E-state index contributed by atoms with van der Waals surface area (Å²) in [6.07, 6.45) is -0.984. The van der Waals surface area contributed by atoms with Crippen LogP contribution in [0.2, 0.25) is 0 Å². The van der Waals surface area contributed by atoms with E-state index >= 15 is 0 Å². The lowest BCUT2D eigenvalue weighted by molar-refractivity contribution is -0.138. The number of aryl methyl sites for hydroxylation is 1. The Hall–Kier alpha value is -1.75. The standard InChI is InChI=1S/C14H19NO4/c1-9-6-12-13(19-5-4-18-12)7-11(9)8-15(3)14(17)10(2)16/h6-7,10,16H,4-5,8H2,1-3H3. The number of carbonyl (C=O) groups is 1. The number of fused-ring (bicyclic) bond motifs is 1. The van der Waals surface area contributed by atoms with E-state index in [9.17, 15) is 9.90 Å². The second-order valence-corrected chi connectivity index (χ2v) is 4.79. The van der Waals surface area contributed by atoms with E-state index in [-0.39, 0.29) is 5.91 Å². The first-order valence-corrected chi connectivity index (χ1v) is 6.31. The SMILES string of the molecule is Cc1cc2c(cc1CN(C)C(=O)C(C)O)OCCO2. The third kappa shape index (κ3) is 2.98. The highest BCUT2D eigenvalue weighted by Gasteiger charge is 2.18. The van der Waals surface area contributed by atoms with Crippen molar-refractivity contribution in [2.24, 2.45) is 0 Å². The molecule has 0 fully saturated rings. The zero-order chi connectivity index (χ0) is 14.0. The first-order chi connectivity index (χ1) is 8.99. The maximum atomic E-state index is 11.7. The number of likely N-dealkylation sites (N-methyl/N-ethyl adjacent to an activating group) is 1. The molecule has 1 aliphatic rings. The van der Waals surface area contributed by atoms with Gasteiger partial charge in [0.2, 0.25) is 0 Å². The topological polar surface area (TPSA) is 59.0 Å². The molecular weight excluding hydrogens is 246 g/mol. The third-order valence-electron chi connectivity index (χ3n) is 3.14. The fourth-order valence-electron chi connectivity index (χ4n) is 2.06. The summed E-state index contributed by atoms with van der Waals surface area (Å²) in [7, 11) is 1.67. The zero-order valence-corrected chi connectivity index (χ0v) is 11.5. The molecule has 1 unspecified atom stereocenters. The maximum absolute atomic E-state index is 11.7. The fraction of sp³-hybridized carbons (Fsp3) is 0.500. The van der Waals surface area contributed by atoms with Gasteiger partial charge in [-0.3, -0.25) is 4.79 Å². The summed E-state index contributed by atoms with van der Waals surface area (Å²) in [6.45, 7) is 4.97. The Bertz CT molecular complexity index is 485. The van der Waals surface area contributed by atoms with Gasteiger partial charge in [-0.25, -0.2) is 0 Å². The summed E-state index contributed by atoms with van der Waals surface area (Å²) < 4.78 is 11.0. The van der Waals surface area contributed by atoms with Gasteiger partial charge in [0.05, 0.1) is 0 Å². The van der Waals surface area contributed by atoms with Crippen LogP contribution >= 0.6 is 0 Å². The van der Waals surface area contributed by atoms with Crippen molar-refractivity contribution in [1.29, 1.82) is 0 Å². The first kappa shape index (κ1) is 13.7. The Morgan fingerprint density at radius 1 is 1.37 bits per heavy atom. The lowest BCUT2D eigenvalue weighted by Crippen LogP contribution is -2.34. The number of ether oxygens (including phenoxy) is 2. The van der Waals surface area contributed by atoms with Crippen molar-refractivity contribution in [3.63, 3.8) is 0 Å². The highest BCUT2D eigenvalue weighted by molar-refractivity contribution is 5.80. The summed E-state index contributed by atoms with van der Waals surface area (Å²) in [6, 6.07) is 3.82. The van der Waals surface area contributed by atoms with Gasteiger partial charge in [0.15, 0.2) is 11.5 Å². The molecule has 0 saturated carbocycles. The van der Waals surface area contributed by atoms with Crippen molar-refractivity contribution in [2.45, 2.75) is 26.5 Å². The van der Waals surface area contributed by atoms with E-state index in [2.05, 4.69) is 0 Å². The summed E-state index contributed by atoms with van der Waals surface area (Å²) in [5.74, 6) is 1.16. The van der Waals surface area contributed by atoms with E-state index in [0.29, 0.717) is 25.5 Å². The molecule has 0 aromatic heterocycles. The third-order valence-corrected chi connectivity index (χ3v) is 3.14. The number of aliphatic hydroxyl groups excluding tert-OH is 1. The average molecular weight is 265 g/mol. The van der Waals surface area contributed by atoms with Crippen LogP contribution in [0, 0.1) is 6.92 Å². The molecule has 0 spiro atoms. The molecule has 1 aromatic rings. The largest absolute Gasteiger partial charge is 0.486 e. The van der Waals surface area contributed by atoms with Crippen LogP contribution < -0.4 is 9.47 Å². The van der Waals surface area contributed by atoms with E-state index in [1.54, 1.807) is 7.05 Å². The molecule has 5 nitrogen and oxygen atoms in total. The molecule has 2 rings (SSSR count). The second kappa shape index (κ2) is 5.48. The van der Waals surface area contributed by atoms with Gasteiger partial charge in [0, 0.05) is 13.6 Å². The molecule has 1 heterocycles. The Morgan fingerprint density at radius 2 is 1.95 bits per heavy atom. The van der Waals surface area contributed by atoms with Gasteiger partial charge < -0.3 is 19.5 Å². The molecule has 1 amide bonds. The number of amides is 1. The normalized spacial score (nSPS) is 14.9. The lowest BCUT2D eigenvalue weighted by Gasteiger charge is -2.23. The number of nitrogens with zero attached hydrogens (tertiary/aromatic N) is 1. The van der Waals surface area contributed by atoms with Gasteiger partial charge >= 0.3 is 0 Å². The number of hydrogen-bond donors (Lipinski definition) is 1. The Morgan fingerprint density at radius 3 is 2.53 bits per heavy atom. The molecular formula is C14H19NO4. The molecule has 0 saturated heterocycles. The van der Waals surface area contributed by atoms with E-state index in [4.69, 9.17) is 9.47 Å². The molecule has 104 valence electrons. The second-order valence-electron chi connectivity index (χ2n) is 4.79. The van der Waals surface area contributed by atoms with Gasteiger partial charge in [0.1, 0.15) is 19.3 Å². The minimum absolute atomic E-state index is 0.297. The quantitative estimate of drug-likeness (QED) is 0.889. The van der Waals surface area contributed by atoms with Gasteiger partial charge in [-0.1, -0.05) is 0 Å². The Labute approximate surface area is 112 Å². The van der Waals surface area contributed by atoms with Gasteiger partial charge in [-0.05, 0) is 37.1 Å². The van der Waals surface area contributed by atoms with Crippen molar-refractivity contribution in [2.75, 3.05) is 20.3 Å². The van der Waals surface area contributed by atoms with Crippen molar-refractivity contribution in [1.82, 2.24) is 4.90 Å². The van der Waals surface area contributed by atoms with Crippen molar-refractivity contribution < 1.29 is 19.4 Å². The predicted molar refractivity (Wildman–Crippen MR) is 70.3 cm³/mol. The molecule has 5 heteroatoms. The maximum Gasteiger partial charge on any atom is 0.251 e. The van der Waals surface area contributed by atoms with Crippen LogP contribution in [0.4, 0.5) is 0 Å². The smallest absolute Gasteiger partial charge is 0.251 e. The zero-order valence-electron chi connectivity index (χ0n) is 11.5. The fourth-order valence-corrected chi connectivity index (χ4v) is 2.06. The van der Waals surface area contributed by atoms with Gasteiger partial charge in [0.25, 0.3) is 5.91 Å². The number of benzene rings is 1. The Kier molecular flexibility index (Phi) is 3.95. The molecule has 1 aliphatic heterocycles. The lowest BCUT2D eigenvalue weighted by atomic mass is 10.1. The number of carbonyl (C=O) groups excluding carboxylic acids is 1. The molecule has 1 aromatic carbocycles. The highest BCUT2D eigenvalue weighted by atomic mass is 16.6. The van der Waals surface area contributed by atoms with Crippen molar-refractivity contribution in [3.05, 3.63) is 23.3 Å². The molecule has 0 aliphatic carbocycles. The molecule has 1 atom stereocenters. The molecule has 19 heavy (non-hydrogen) atoms. The van der Waals surface area contributed by atoms with Crippen LogP contribution in [0.5, 0.6) is 11.5 Å². The Balaban J connectivity index is 2.18. The van der Waals surface area contributed by atoms with E-state index < -0.39 is 6.10 Å². The summed E-state index contributed by atoms with van der Waals surface area (Å²) in [4.78, 5) is 13.2. The van der Waals surface area contributed by atoms with E-state index in [1.807, 2.05) is 19.1 Å². The molecule has 0 radical (unpaired) electrons. The van der Waals surface area contributed by atoms with Gasteiger partial charge in [-0.15, -0.1) is 0 Å². The predicted octanol–water partition coefficient (Wildman–Crippen LogP) is 1.11. The average Bonchev–Trinajstić information content (AvgIpc) is 2.38. The highest BCUT2D eigenvalue weighted by Crippen LogP contribution is 2.33. The van der Waals surface area contributed by atoms with Gasteiger partial charge in [-0.2, -0.15) is 0 Å². The number of aliphatic hydroxyl groups is 1. The summed E-state index contributed by atoms with van der Waals surface area (Å²) >= 11 is 0. The van der Waals surface area contributed by atoms with Crippen LogP contribution in [0.3, 0.4) is 0 Å². The summed E-state index contributed by atoms with van der Waals surface area (Å²) in [5, 5.41) is 9.29. The minimum Gasteiger partial charge on any atom is -0.486 e. The van der Waals surface area contributed by atoms with E-state index in [0.717, 1.165) is 16.9 Å². The van der Waals surface area contributed by atoms with Crippen LogP contribution in [-0.4, -0.2) is 42.3 Å². The van der Waals surface area contributed by atoms with E-state index in [1.165, 1.54) is 11.8 Å². The number of rotatable bonds is 3.